The number of carbonyl (C=O) groups excluding carboxylic acids is 3. The van der Waals surface area contributed by atoms with Gasteiger partial charge in [-0.25, -0.2) is 4.79 Å². The Hall–Kier alpha value is -3.86. The number of rotatable bonds is 6. The molecule has 2 aromatic rings. The number of fused-ring (bicyclic) bond motifs is 2. The van der Waals surface area contributed by atoms with Gasteiger partial charge in [-0.3, -0.25) is 14.5 Å². The van der Waals surface area contributed by atoms with Gasteiger partial charge in [-0.2, -0.15) is 5.26 Å². The molecule has 3 aliphatic rings. The number of hydrogen-bond donors (Lipinski definition) is 1. The minimum Gasteiger partial charge on any atom is -0.445 e. The monoisotopic (exact) mass is 486 g/mol. The van der Waals surface area contributed by atoms with Gasteiger partial charge < -0.3 is 15.0 Å². The minimum absolute atomic E-state index is 0.110. The summed E-state index contributed by atoms with van der Waals surface area (Å²) in [5.74, 6) is -0.150. The smallest absolute Gasteiger partial charge is 0.410 e. The molecule has 3 amide bonds. The standard InChI is InChI=1S/C28H30N4O4/c1-31(27(35)36-17-20-8-3-2-4-9-20)24(14-19-10-7-11-19)25(33)32-18-28(15-21(32)16-29)22-12-5-6-13-23(22)30-26(28)34/h2-6,8-9,12-13,19,21,24H,7,10-11,14-15,17-18H2,1H3,(H,30,34)/t21-,24?,28-/m0/s1. The number of carbonyl (C=O) groups is 3. The number of anilines is 1. The quantitative estimate of drug-likeness (QED) is 0.669. The van der Waals surface area contributed by atoms with Crippen LogP contribution in [0.1, 0.15) is 43.2 Å². The van der Waals surface area contributed by atoms with Crippen LogP contribution in [0.4, 0.5) is 10.5 Å². The fourth-order valence-electron chi connectivity index (χ4n) is 5.59. The Morgan fingerprint density at radius 1 is 1.19 bits per heavy atom. The highest BCUT2D eigenvalue weighted by Crippen LogP contribution is 2.46. The van der Waals surface area contributed by atoms with Crippen molar-refractivity contribution in [1.82, 2.24) is 9.80 Å². The third-order valence-electron chi connectivity index (χ3n) is 7.94. The van der Waals surface area contributed by atoms with E-state index in [1.165, 1.54) is 9.80 Å². The van der Waals surface area contributed by atoms with Gasteiger partial charge in [0.25, 0.3) is 0 Å². The van der Waals surface area contributed by atoms with E-state index in [0.717, 1.165) is 36.1 Å². The minimum atomic E-state index is -0.958. The Kier molecular flexibility index (Phi) is 6.40. The molecule has 2 aromatic carbocycles. The Labute approximate surface area is 210 Å². The van der Waals surface area contributed by atoms with Crippen molar-refractivity contribution in [3.8, 4) is 6.07 Å². The summed E-state index contributed by atoms with van der Waals surface area (Å²) in [7, 11) is 1.58. The van der Waals surface area contributed by atoms with Gasteiger partial charge in [-0.15, -0.1) is 0 Å². The molecule has 2 heterocycles. The number of amides is 3. The van der Waals surface area contributed by atoms with Crippen LogP contribution < -0.4 is 5.32 Å². The van der Waals surface area contributed by atoms with Gasteiger partial charge >= 0.3 is 6.09 Å². The van der Waals surface area contributed by atoms with Crippen molar-refractivity contribution < 1.29 is 19.1 Å². The zero-order chi connectivity index (χ0) is 25.3. The lowest BCUT2D eigenvalue weighted by atomic mass is 9.79. The number of nitrogens with zero attached hydrogens (tertiary/aromatic N) is 3. The maximum absolute atomic E-state index is 14.0. The van der Waals surface area contributed by atoms with E-state index in [4.69, 9.17) is 4.74 Å². The van der Waals surface area contributed by atoms with Crippen LogP contribution in [-0.4, -0.2) is 53.4 Å². The number of nitrogens with one attached hydrogen (secondary N) is 1. The first-order valence-electron chi connectivity index (χ1n) is 12.5. The van der Waals surface area contributed by atoms with Crippen molar-refractivity contribution in [3.05, 3.63) is 65.7 Å². The van der Waals surface area contributed by atoms with E-state index in [0.29, 0.717) is 12.3 Å². The molecule has 36 heavy (non-hydrogen) atoms. The second-order valence-corrected chi connectivity index (χ2v) is 10.1. The number of hydrogen-bond acceptors (Lipinski definition) is 5. The Bertz CT molecular complexity index is 1210. The molecule has 1 saturated carbocycles. The second-order valence-electron chi connectivity index (χ2n) is 10.1. The average Bonchev–Trinajstić information content (AvgIpc) is 3.40. The van der Waals surface area contributed by atoms with Crippen LogP contribution in [0.3, 0.4) is 0 Å². The number of likely N-dealkylation sites (N-methyl/N-ethyl adjacent to an activating group) is 1. The highest BCUT2D eigenvalue weighted by atomic mass is 16.6. The van der Waals surface area contributed by atoms with Gasteiger partial charge in [0.2, 0.25) is 11.8 Å². The number of nitriles is 1. The maximum Gasteiger partial charge on any atom is 0.410 e. The molecule has 0 bridgehead atoms. The topological polar surface area (TPSA) is 103 Å². The lowest BCUT2D eigenvalue weighted by Crippen LogP contribution is -2.52. The molecule has 0 radical (unpaired) electrons. The van der Waals surface area contributed by atoms with Crippen LogP contribution >= 0.6 is 0 Å². The number of ether oxygens (including phenoxy) is 1. The lowest BCUT2D eigenvalue weighted by Gasteiger charge is -2.36. The molecule has 1 aliphatic carbocycles. The fourth-order valence-corrected chi connectivity index (χ4v) is 5.59. The Morgan fingerprint density at radius 2 is 1.92 bits per heavy atom. The SMILES string of the molecule is CN(C(=O)OCc1ccccc1)C(CC1CCC1)C(=O)N1C[C@]2(C[C@H]1C#N)C(=O)Nc1ccccc12. The largest absolute Gasteiger partial charge is 0.445 e. The summed E-state index contributed by atoms with van der Waals surface area (Å²) in [5.41, 5.74) is 1.44. The Balaban J connectivity index is 1.37. The van der Waals surface area contributed by atoms with Crippen molar-refractivity contribution >= 4 is 23.6 Å². The number of benzene rings is 2. The van der Waals surface area contributed by atoms with Crippen LogP contribution in [0.2, 0.25) is 0 Å². The van der Waals surface area contributed by atoms with Gasteiger partial charge in [-0.1, -0.05) is 67.8 Å². The summed E-state index contributed by atoms with van der Waals surface area (Å²) in [6.45, 7) is 0.222. The van der Waals surface area contributed by atoms with E-state index < -0.39 is 23.6 Å². The molecule has 1 spiro atoms. The van der Waals surface area contributed by atoms with Crippen molar-refractivity contribution in [1.29, 1.82) is 5.26 Å². The lowest BCUT2D eigenvalue weighted by molar-refractivity contribution is -0.137. The highest BCUT2D eigenvalue weighted by Gasteiger charge is 2.56. The molecule has 2 fully saturated rings. The summed E-state index contributed by atoms with van der Waals surface area (Å²) in [6, 6.07) is 17.5. The number of likely N-dealkylation sites (tertiary alicyclic amines) is 1. The van der Waals surface area contributed by atoms with E-state index in [9.17, 15) is 19.6 Å². The number of para-hydroxylation sites is 1. The molecule has 186 valence electrons. The molecule has 8 nitrogen and oxygen atoms in total. The zero-order valence-corrected chi connectivity index (χ0v) is 20.4. The van der Waals surface area contributed by atoms with Crippen LogP contribution in [0, 0.1) is 17.2 Å². The van der Waals surface area contributed by atoms with Gasteiger partial charge in [0.15, 0.2) is 0 Å². The predicted molar refractivity (Wildman–Crippen MR) is 133 cm³/mol. The van der Waals surface area contributed by atoms with Crippen LogP contribution in [0.5, 0.6) is 0 Å². The first-order valence-corrected chi connectivity index (χ1v) is 12.5. The third kappa shape index (κ3) is 4.19. The van der Waals surface area contributed by atoms with E-state index in [-0.39, 0.29) is 31.4 Å². The summed E-state index contributed by atoms with van der Waals surface area (Å²) in [5, 5.41) is 12.9. The molecule has 1 unspecified atom stereocenters. The van der Waals surface area contributed by atoms with E-state index in [1.54, 1.807) is 7.05 Å². The average molecular weight is 487 g/mol. The zero-order valence-electron chi connectivity index (χ0n) is 20.4. The molecule has 0 aromatic heterocycles. The molecule has 5 rings (SSSR count). The molecule has 1 saturated heterocycles. The van der Waals surface area contributed by atoms with Crippen molar-refractivity contribution in [2.45, 2.75) is 56.2 Å². The van der Waals surface area contributed by atoms with Crippen molar-refractivity contribution in [2.24, 2.45) is 5.92 Å². The summed E-state index contributed by atoms with van der Waals surface area (Å²) in [4.78, 5) is 42.9. The van der Waals surface area contributed by atoms with Crippen molar-refractivity contribution in [2.75, 3.05) is 18.9 Å². The first kappa shape index (κ1) is 23.9. The molecule has 8 heteroatoms. The van der Waals surface area contributed by atoms with E-state index in [1.807, 2.05) is 54.6 Å². The predicted octanol–water partition coefficient (Wildman–Crippen LogP) is 3.83. The molecule has 2 aliphatic heterocycles. The molecular weight excluding hydrogens is 456 g/mol. The molecule has 3 atom stereocenters. The van der Waals surface area contributed by atoms with Crippen LogP contribution in [0.15, 0.2) is 54.6 Å². The molecular formula is C28H30N4O4. The third-order valence-corrected chi connectivity index (χ3v) is 7.94. The normalized spacial score (nSPS) is 23.4. The Morgan fingerprint density at radius 3 is 2.61 bits per heavy atom. The van der Waals surface area contributed by atoms with Crippen LogP contribution in [-0.2, 0) is 26.3 Å². The summed E-state index contributed by atoms with van der Waals surface area (Å²) in [6.07, 6.45) is 3.30. The van der Waals surface area contributed by atoms with Gasteiger partial charge in [-0.05, 0) is 29.5 Å². The highest BCUT2D eigenvalue weighted by molar-refractivity contribution is 6.07. The van der Waals surface area contributed by atoms with Gasteiger partial charge in [0.1, 0.15) is 18.7 Å². The second kappa shape index (κ2) is 9.65. The van der Waals surface area contributed by atoms with Crippen LogP contribution in [0.25, 0.3) is 0 Å². The van der Waals surface area contributed by atoms with E-state index in [2.05, 4.69) is 11.4 Å². The summed E-state index contributed by atoms with van der Waals surface area (Å²) < 4.78 is 5.51. The van der Waals surface area contributed by atoms with Gasteiger partial charge in [0.05, 0.1) is 11.5 Å². The van der Waals surface area contributed by atoms with Gasteiger partial charge in [0, 0.05) is 25.7 Å². The summed E-state index contributed by atoms with van der Waals surface area (Å²) >= 11 is 0. The van der Waals surface area contributed by atoms with Crippen molar-refractivity contribution in [3.63, 3.8) is 0 Å². The maximum atomic E-state index is 14.0. The molecule has 1 N–H and O–H groups in total. The van der Waals surface area contributed by atoms with E-state index >= 15 is 0 Å². The fraction of sp³-hybridized carbons (Fsp3) is 0.429. The first-order chi connectivity index (χ1) is 17.4.